The number of aromatic nitrogens is 3. The number of hydrogen-bond donors (Lipinski definition) is 1. The minimum atomic E-state index is -0.828. The summed E-state index contributed by atoms with van der Waals surface area (Å²) in [6.45, 7) is 1.86. The molecule has 2 aromatic carbocycles. The fourth-order valence-electron chi connectivity index (χ4n) is 2.47. The summed E-state index contributed by atoms with van der Waals surface area (Å²) in [7, 11) is 1.78. The van der Waals surface area contributed by atoms with Gasteiger partial charge in [-0.25, -0.2) is 8.78 Å². The van der Waals surface area contributed by atoms with Crippen molar-refractivity contribution in [2.75, 3.05) is 11.1 Å². The van der Waals surface area contributed by atoms with E-state index in [0.717, 1.165) is 17.8 Å². The van der Waals surface area contributed by atoms with Gasteiger partial charge in [0.05, 0.1) is 11.4 Å². The molecule has 146 valence electrons. The smallest absolute Gasteiger partial charge is 0.234 e. The minimum absolute atomic E-state index is 0.00326. The average molecular weight is 404 g/mol. The first-order valence-corrected chi connectivity index (χ1v) is 9.41. The molecule has 0 unspecified atom stereocenters. The fraction of sp³-hybridized carbons (Fsp3) is 0.211. The molecule has 0 spiro atoms. The van der Waals surface area contributed by atoms with Crippen LogP contribution in [0.4, 0.5) is 14.5 Å². The van der Waals surface area contributed by atoms with Gasteiger partial charge in [0.2, 0.25) is 5.91 Å². The highest BCUT2D eigenvalue weighted by molar-refractivity contribution is 7.99. The first-order valence-electron chi connectivity index (χ1n) is 8.42. The van der Waals surface area contributed by atoms with E-state index in [4.69, 9.17) is 4.74 Å². The number of benzene rings is 2. The van der Waals surface area contributed by atoms with Gasteiger partial charge in [-0.1, -0.05) is 30.0 Å². The standard InChI is InChI=1S/C19H18F2N4O2S/c1-12(27-14-6-4-3-5-7-14)18-23-24-19(25(18)2)28-11-17(26)22-16-9-8-13(20)10-15(16)21/h3-10,12H,11H2,1-2H3,(H,22,26)/t12-/m1/s1. The van der Waals surface area contributed by atoms with E-state index in [2.05, 4.69) is 15.5 Å². The van der Waals surface area contributed by atoms with Crippen LogP contribution in [0.5, 0.6) is 5.75 Å². The van der Waals surface area contributed by atoms with E-state index in [-0.39, 0.29) is 17.5 Å². The molecule has 9 heteroatoms. The predicted molar refractivity (Wildman–Crippen MR) is 102 cm³/mol. The zero-order valence-electron chi connectivity index (χ0n) is 15.2. The van der Waals surface area contributed by atoms with Crippen LogP contribution < -0.4 is 10.1 Å². The first-order chi connectivity index (χ1) is 13.4. The normalized spacial score (nSPS) is 11.9. The summed E-state index contributed by atoms with van der Waals surface area (Å²) >= 11 is 1.15. The second kappa shape index (κ2) is 8.83. The Bertz CT molecular complexity index is 966. The number of carbonyl (C=O) groups excluding carboxylic acids is 1. The number of amides is 1. The molecule has 1 amide bonds. The van der Waals surface area contributed by atoms with Crippen LogP contribution in [0, 0.1) is 11.6 Å². The zero-order chi connectivity index (χ0) is 20.1. The molecule has 1 N–H and O–H groups in total. The molecule has 6 nitrogen and oxygen atoms in total. The molecule has 0 saturated carbocycles. The molecule has 0 aliphatic rings. The predicted octanol–water partition coefficient (Wildman–Crippen LogP) is 3.96. The maximum absolute atomic E-state index is 13.6. The van der Waals surface area contributed by atoms with E-state index in [1.54, 1.807) is 11.6 Å². The molecule has 0 fully saturated rings. The highest BCUT2D eigenvalue weighted by Crippen LogP contribution is 2.23. The summed E-state index contributed by atoms with van der Waals surface area (Å²) < 4.78 is 34.1. The molecule has 3 rings (SSSR count). The second-order valence-corrected chi connectivity index (χ2v) is 6.88. The van der Waals surface area contributed by atoms with Gasteiger partial charge >= 0.3 is 0 Å². The molecule has 0 radical (unpaired) electrons. The summed E-state index contributed by atoms with van der Waals surface area (Å²) in [5, 5.41) is 11.1. The number of para-hydroxylation sites is 1. The van der Waals surface area contributed by atoms with Gasteiger partial charge in [0, 0.05) is 13.1 Å². The summed E-state index contributed by atoms with van der Waals surface area (Å²) in [4.78, 5) is 12.0. The van der Waals surface area contributed by atoms with E-state index in [9.17, 15) is 13.6 Å². The van der Waals surface area contributed by atoms with Crippen molar-refractivity contribution in [3.8, 4) is 5.75 Å². The molecule has 0 aliphatic carbocycles. The van der Waals surface area contributed by atoms with Crippen molar-refractivity contribution in [1.82, 2.24) is 14.8 Å². The quantitative estimate of drug-likeness (QED) is 0.604. The van der Waals surface area contributed by atoms with E-state index >= 15 is 0 Å². The number of anilines is 1. The van der Waals surface area contributed by atoms with Gasteiger partial charge < -0.3 is 14.6 Å². The van der Waals surface area contributed by atoms with Crippen LogP contribution in [-0.2, 0) is 11.8 Å². The van der Waals surface area contributed by atoms with Crippen molar-refractivity contribution in [1.29, 1.82) is 0 Å². The molecule has 1 aromatic heterocycles. The van der Waals surface area contributed by atoms with Gasteiger partial charge in [-0.2, -0.15) is 0 Å². The van der Waals surface area contributed by atoms with Crippen LogP contribution >= 0.6 is 11.8 Å². The monoisotopic (exact) mass is 404 g/mol. The Balaban J connectivity index is 1.58. The van der Waals surface area contributed by atoms with Gasteiger partial charge in [-0.15, -0.1) is 10.2 Å². The number of nitrogens with zero attached hydrogens (tertiary/aromatic N) is 3. The molecule has 0 saturated heterocycles. The molecular formula is C19H18F2N4O2S. The summed E-state index contributed by atoms with van der Waals surface area (Å²) in [6.07, 6.45) is -0.337. The fourth-order valence-corrected chi connectivity index (χ4v) is 3.19. The molecular weight excluding hydrogens is 386 g/mol. The van der Waals surface area contributed by atoms with Crippen LogP contribution in [0.3, 0.4) is 0 Å². The van der Waals surface area contributed by atoms with E-state index in [0.29, 0.717) is 22.8 Å². The molecule has 1 atom stereocenters. The lowest BCUT2D eigenvalue weighted by Gasteiger charge is -2.14. The number of halogens is 2. The molecule has 1 heterocycles. The van der Waals surface area contributed by atoms with Crippen LogP contribution in [0.1, 0.15) is 18.9 Å². The lowest BCUT2D eigenvalue weighted by molar-refractivity contribution is -0.113. The number of thioether (sulfide) groups is 1. The number of hydrogen-bond acceptors (Lipinski definition) is 5. The largest absolute Gasteiger partial charge is 0.483 e. The van der Waals surface area contributed by atoms with Crippen molar-refractivity contribution in [2.45, 2.75) is 18.2 Å². The summed E-state index contributed by atoms with van der Waals surface area (Å²) in [5.74, 6) is -0.649. The van der Waals surface area contributed by atoms with Gasteiger partial charge in [-0.05, 0) is 31.2 Å². The third-order valence-corrected chi connectivity index (χ3v) is 4.85. The summed E-state index contributed by atoms with van der Waals surface area (Å²) in [6, 6.07) is 12.3. The second-order valence-electron chi connectivity index (χ2n) is 5.93. The molecule has 3 aromatic rings. The van der Waals surface area contributed by atoms with E-state index < -0.39 is 17.5 Å². The highest BCUT2D eigenvalue weighted by atomic mass is 32.2. The number of rotatable bonds is 7. The minimum Gasteiger partial charge on any atom is -0.483 e. The van der Waals surface area contributed by atoms with Gasteiger partial charge in [0.15, 0.2) is 17.1 Å². The van der Waals surface area contributed by atoms with Crippen molar-refractivity contribution in [3.05, 3.63) is 66.0 Å². The Morgan fingerprint density at radius 1 is 1.21 bits per heavy atom. The SMILES string of the molecule is C[C@@H](Oc1ccccc1)c1nnc(SCC(=O)Nc2ccc(F)cc2F)n1C. The van der Waals surface area contributed by atoms with Crippen LogP contribution in [0.15, 0.2) is 53.7 Å². The van der Waals surface area contributed by atoms with Crippen molar-refractivity contribution >= 4 is 23.4 Å². The number of nitrogens with one attached hydrogen (secondary N) is 1. The van der Waals surface area contributed by atoms with Gasteiger partial charge in [0.1, 0.15) is 17.4 Å². The van der Waals surface area contributed by atoms with Gasteiger partial charge in [-0.3, -0.25) is 4.79 Å². The lowest BCUT2D eigenvalue weighted by Crippen LogP contribution is -2.16. The third kappa shape index (κ3) is 4.86. The Hall–Kier alpha value is -2.94. The van der Waals surface area contributed by atoms with Crippen LogP contribution in [0.25, 0.3) is 0 Å². The van der Waals surface area contributed by atoms with E-state index in [1.165, 1.54) is 6.07 Å². The van der Waals surface area contributed by atoms with Crippen LogP contribution in [-0.4, -0.2) is 26.4 Å². The van der Waals surface area contributed by atoms with Crippen molar-refractivity contribution < 1.29 is 18.3 Å². The Morgan fingerprint density at radius 3 is 2.68 bits per heavy atom. The van der Waals surface area contributed by atoms with Crippen molar-refractivity contribution in [3.63, 3.8) is 0 Å². The molecule has 0 bridgehead atoms. The maximum Gasteiger partial charge on any atom is 0.234 e. The van der Waals surface area contributed by atoms with E-state index in [1.807, 2.05) is 37.3 Å². The molecule has 0 aliphatic heterocycles. The Kier molecular flexibility index (Phi) is 6.25. The third-order valence-electron chi connectivity index (χ3n) is 3.83. The lowest BCUT2D eigenvalue weighted by atomic mass is 10.3. The molecule has 28 heavy (non-hydrogen) atoms. The zero-order valence-corrected chi connectivity index (χ0v) is 16.0. The highest BCUT2D eigenvalue weighted by Gasteiger charge is 2.18. The number of ether oxygens (including phenoxy) is 1. The van der Waals surface area contributed by atoms with Crippen LogP contribution in [0.2, 0.25) is 0 Å². The first kappa shape index (κ1) is 19.8. The van der Waals surface area contributed by atoms with Crippen molar-refractivity contribution in [2.24, 2.45) is 7.05 Å². The maximum atomic E-state index is 13.6. The number of carbonyl (C=O) groups is 1. The summed E-state index contributed by atoms with van der Waals surface area (Å²) in [5.41, 5.74) is -0.0736. The Labute approximate surface area is 164 Å². The topological polar surface area (TPSA) is 69.0 Å². The average Bonchev–Trinajstić information content (AvgIpc) is 3.04. The van der Waals surface area contributed by atoms with Gasteiger partial charge in [0.25, 0.3) is 0 Å². The Morgan fingerprint density at radius 2 is 1.96 bits per heavy atom.